The van der Waals surface area contributed by atoms with E-state index in [9.17, 15) is 4.79 Å². The molecule has 0 aliphatic heterocycles. The number of fused-ring (bicyclic) bond motifs is 1. The number of ether oxygens (including phenoxy) is 1. The minimum absolute atomic E-state index is 0.0716. The molecule has 1 aromatic carbocycles. The van der Waals surface area contributed by atoms with Crippen molar-refractivity contribution in [2.75, 3.05) is 13.2 Å². The standard InChI is InChI=1S/C21H26N2O2S/c1-2-15-25-17-10-7-16(8-11-17)9-12-20(24)22-14-13-21-23-18-5-3-4-6-19(18)26-21/h7-12H,2-6,13-15H2,1H3,(H,22,24)/b12-9+. The molecule has 1 aliphatic rings. The van der Waals surface area contributed by atoms with Crippen molar-refractivity contribution in [2.24, 2.45) is 0 Å². The van der Waals surface area contributed by atoms with Gasteiger partial charge in [0.25, 0.3) is 0 Å². The molecule has 1 amide bonds. The Morgan fingerprint density at radius 3 is 2.85 bits per heavy atom. The van der Waals surface area contributed by atoms with Crippen molar-refractivity contribution in [3.05, 3.63) is 51.5 Å². The number of nitrogens with zero attached hydrogens (tertiary/aromatic N) is 1. The van der Waals surface area contributed by atoms with Gasteiger partial charge in [-0.05, 0) is 55.9 Å². The molecule has 0 spiro atoms. The van der Waals surface area contributed by atoms with Crippen molar-refractivity contribution in [3.63, 3.8) is 0 Å². The Kier molecular flexibility index (Phi) is 6.83. The summed E-state index contributed by atoms with van der Waals surface area (Å²) in [6.45, 7) is 3.43. The lowest BCUT2D eigenvalue weighted by Gasteiger charge is -2.06. The number of rotatable bonds is 8. The summed E-state index contributed by atoms with van der Waals surface area (Å²) in [6, 6.07) is 7.76. The number of carbonyl (C=O) groups excluding carboxylic acids is 1. The van der Waals surface area contributed by atoms with E-state index in [4.69, 9.17) is 9.72 Å². The smallest absolute Gasteiger partial charge is 0.244 e. The van der Waals surface area contributed by atoms with Gasteiger partial charge in [-0.2, -0.15) is 0 Å². The highest BCUT2D eigenvalue weighted by molar-refractivity contribution is 7.11. The Balaban J connectivity index is 1.42. The van der Waals surface area contributed by atoms with Crippen LogP contribution < -0.4 is 10.1 Å². The van der Waals surface area contributed by atoms with Gasteiger partial charge in [-0.1, -0.05) is 19.1 Å². The number of hydrogen-bond acceptors (Lipinski definition) is 4. The second-order valence-corrected chi connectivity index (χ2v) is 7.64. The van der Waals surface area contributed by atoms with Crippen LogP contribution in [0.3, 0.4) is 0 Å². The van der Waals surface area contributed by atoms with Gasteiger partial charge in [0.2, 0.25) is 5.91 Å². The minimum Gasteiger partial charge on any atom is -0.494 e. The SMILES string of the molecule is CCCOc1ccc(/C=C/C(=O)NCCc2nc3c(s2)CCCC3)cc1. The van der Waals surface area contributed by atoms with E-state index in [0.29, 0.717) is 6.54 Å². The molecule has 5 heteroatoms. The van der Waals surface area contributed by atoms with Gasteiger partial charge in [0.05, 0.1) is 17.3 Å². The maximum atomic E-state index is 12.0. The highest BCUT2D eigenvalue weighted by Gasteiger charge is 2.14. The van der Waals surface area contributed by atoms with E-state index in [0.717, 1.165) is 42.2 Å². The average molecular weight is 371 g/mol. The lowest BCUT2D eigenvalue weighted by Crippen LogP contribution is -2.23. The molecule has 2 aromatic rings. The maximum absolute atomic E-state index is 12.0. The van der Waals surface area contributed by atoms with Crippen LogP contribution in [0.15, 0.2) is 30.3 Å². The van der Waals surface area contributed by atoms with E-state index < -0.39 is 0 Å². The number of nitrogens with one attached hydrogen (secondary N) is 1. The van der Waals surface area contributed by atoms with Crippen molar-refractivity contribution >= 4 is 23.3 Å². The van der Waals surface area contributed by atoms with E-state index in [1.165, 1.54) is 29.8 Å². The molecule has 1 aliphatic carbocycles. The molecule has 4 nitrogen and oxygen atoms in total. The minimum atomic E-state index is -0.0716. The third kappa shape index (κ3) is 5.43. The normalized spacial score (nSPS) is 13.6. The predicted octanol–water partition coefficient (Wildman–Crippen LogP) is 4.18. The summed E-state index contributed by atoms with van der Waals surface area (Å²) in [5.74, 6) is 0.789. The molecule has 26 heavy (non-hydrogen) atoms. The number of thiazole rings is 1. The van der Waals surface area contributed by atoms with Crippen LogP contribution in [-0.4, -0.2) is 24.0 Å². The Morgan fingerprint density at radius 2 is 2.08 bits per heavy atom. The molecule has 138 valence electrons. The summed E-state index contributed by atoms with van der Waals surface area (Å²) in [5.41, 5.74) is 2.27. The largest absolute Gasteiger partial charge is 0.494 e. The van der Waals surface area contributed by atoms with Gasteiger partial charge in [0, 0.05) is 23.9 Å². The third-order valence-corrected chi connectivity index (χ3v) is 5.53. The van der Waals surface area contributed by atoms with Crippen molar-refractivity contribution in [1.82, 2.24) is 10.3 Å². The number of benzene rings is 1. The van der Waals surface area contributed by atoms with Crippen LogP contribution in [0.1, 0.15) is 47.3 Å². The zero-order valence-electron chi connectivity index (χ0n) is 15.3. The fourth-order valence-electron chi connectivity index (χ4n) is 2.93. The fraction of sp³-hybridized carbons (Fsp3) is 0.429. The maximum Gasteiger partial charge on any atom is 0.244 e. The average Bonchev–Trinajstić information content (AvgIpc) is 3.08. The third-order valence-electron chi connectivity index (χ3n) is 4.31. The number of amides is 1. The predicted molar refractivity (Wildman–Crippen MR) is 107 cm³/mol. The summed E-state index contributed by atoms with van der Waals surface area (Å²) in [5, 5.41) is 4.08. The highest BCUT2D eigenvalue weighted by atomic mass is 32.1. The van der Waals surface area contributed by atoms with Crippen molar-refractivity contribution in [2.45, 2.75) is 45.4 Å². The highest BCUT2D eigenvalue weighted by Crippen LogP contribution is 2.26. The molecule has 0 fully saturated rings. The Labute approximate surface area is 159 Å². The number of carbonyl (C=O) groups is 1. The number of aryl methyl sites for hydroxylation is 2. The van der Waals surface area contributed by atoms with E-state index in [1.54, 1.807) is 6.08 Å². The summed E-state index contributed by atoms with van der Waals surface area (Å²) in [7, 11) is 0. The summed E-state index contributed by atoms with van der Waals surface area (Å²) >= 11 is 1.81. The topological polar surface area (TPSA) is 51.2 Å². The van der Waals surface area contributed by atoms with Crippen LogP contribution in [0.2, 0.25) is 0 Å². The van der Waals surface area contributed by atoms with Crippen molar-refractivity contribution in [3.8, 4) is 5.75 Å². The molecule has 0 bridgehead atoms. The Morgan fingerprint density at radius 1 is 1.27 bits per heavy atom. The van der Waals surface area contributed by atoms with Gasteiger partial charge in [-0.25, -0.2) is 4.98 Å². The van der Waals surface area contributed by atoms with Crippen LogP contribution in [0.4, 0.5) is 0 Å². The fourth-order valence-corrected chi connectivity index (χ4v) is 4.09. The van der Waals surface area contributed by atoms with Gasteiger partial charge >= 0.3 is 0 Å². The second-order valence-electron chi connectivity index (χ2n) is 6.48. The van der Waals surface area contributed by atoms with E-state index in [1.807, 2.05) is 41.7 Å². The lowest BCUT2D eigenvalue weighted by atomic mass is 10.0. The quantitative estimate of drug-likeness (QED) is 0.709. The van der Waals surface area contributed by atoms with Crippen LogP contribution in [0.5, 0.6) is 5.75 Å². The van der Waals surface area contributed by atoms with Crippen LogP contribution in [-0.2, 0) is 24.1 Å². The van der Waals surface area contributed by atoms with Gasteiger partial charge in [-0.3, -0.25) is 4.79 Å². The van der Waals surface area contributed by atoms with Gasteiger partial charge in [0.1, 0.15) is 5.75 Å². The summed E-state index contributed by atoms with van der Waals surface area (Å²) < 4.78 is 5.55. The second kappa shape index (κ2) is 9.53. The van der Waals surface area contributed by atoms with Gasteiger partial charge in [0.15, 0.2) is 0 Å². The number of aromatic nitrogens is 1. The molecular formula is C21H26N2O2S. The van der Waals surface area contributed by atoms with E-state index in [-0.39, 0.29) is 5.91 Å². The molecule has 0 unspecified atom stereocenters. The van der Waals surface area contributed by atoms with Gasteiger partial charge in [-0.15, -0.1) is 11.3 Å². The first-order valence-electron chi connectivity index (χ1n) is 9.41. The van der Waals surface area contributed by atoms with Crippen LogP contribution in [0.25, 0.3) is 6.08 Å². The van der Waals surface area contributed by atoms with E-state index in [2.05, 4.69) is 12.2 Å². The molecule has 3 rings (SSSR count). The monoisotopic (exact) mass is 370 g/mol. The first-order chi connectivity index (χ1) is 12.7. The summed E-state index contributed by atoms with van der Waals surface area (Å²) in [6.07, 6.45) is 10.0. The number of hydrogen-bond donors (Lipinski definition) is 1. The van der Waals surface area contributed by atoms with Crippen molar-refractivity contribution in [1.29, 1.82) is 0 Å². The lowest BCUT2D eigenvalue weighted by molar-refractivity contribution is -0.116. The van der Waals surface area contributed by atoms with E-state index >= 15 is 0 Å². The molecule has 0 saturated carbocycles. The summed E-state index contributed by atoms with van der Waals surface area (Å²) in [4.78, 5) is 18.1. The Hall–Kier alpha value is -2.14. The first-order valence-corrected chi connectivity index (χ1v) is 10.2. The van der Waals surface area contributed by atoms with Crippen LogP contribution in [0, 0.1) is 0 Å². The molecule has 1 aromatic heterocycles. The zero-order chi connectivity index (χ0) is 18.2. The van der Waals surface area contributed by atoms with Gasteiger partial charge < -0.3 is 10.1 Å². The molecule has 0 radical (unpaired) electrons. The molecule has 1 N–H and O–H groups in total. The molecule has 1 heterocycles. The molecule has 0 saturated heterocycles. The first kappa shape index (κ1) is 18.6. The Bertz CT molecular complexity index is 726. The molecule has 0 atom stereocenters. The molecular weight excluding hydrogens is 344 g/mol. The zero-order valence-corrected chi connectivity index (χ0v) is 16.1. The van der Waals surface area contributed by atoms with Crippen LogP contribution >= 0.6 is 11.3 Å². The van der Waals surface area contributed by atoms with Crippen molar-refractivity contribution < 1.29 is 9.53 Å².